The van der Waals surface area contributed by atoms with Gasteiger partial charge in [0.2, 0.25) is 10.0 Å². The molecule has 19 heavy (non-hydrogen) atoms. The average molecular weight is 381 g/mol. The molecule has 0 saturated heterocycles. The molecule has 0 bridgehead atoms. The zero-order valence-corrected chi connectivity index (χ0v) is 13.9. The Kier molecular flexibility index (Phi) is 4.68. The van der Waals surface area contributed by atoms with E-state index in [9.17, 15) is 8.42 Å². The Morgan fingerprint density at radius 3 is 2.68 bits per heavy atom. The van der Waals surface area contributed by atoms with E-state index in [1.807, 2.05) is 17.5 Å². The van der Waals surface area contributed by atoms with Gasteiger partial charge in [-0.1, -0.05) is 33.6 Å². The lowest BCUT2D eigenvalue weighted by Crippen LogP contribution is -2.26. The molecule has 1 heterocycles. The third-order valence-electron chi connectivity index (χ3n) is 2.49. The summed E-state index contributed by atoms with van der Waals surface area (Å²) in [5.74, 6) is 0. The molecule has 0 unspecified atom stereocenters. The minimum Gasteiger partial charge on any atom is -0.207 e. The zero-order chi connectivity index (χ0) is 14.0. The van der Waals surface area contributed by atoms with E-state index in [0.29, 0.717) is 0 Å². The molecule has 0 fully saturated rings. The van der Waals surface area contributed by atoms with Crippen molar-refractivity contribution in [2.75, 3.05) is 0 Å². The lowest BCUT2D eigenvalue weighted by Gasteiger charge is -2.13. The fraction of sp³-hybridized carbons (Fsp3) is 0.167. The minimum atomic E-state index is -3.63. The molecule has 0 amide bonds. The highest BCUT2D eigenvalue weighted by Crippen LogP contribution is 2.27. The Hall–Kier alpha value is -0.400. The fourth-order valence-electron chi connectivity index (χ4n) is 1.59. The van der Waals surface area contributed by atoms with Gasteiger partial charge in [0.05, 0.1) is 11.1 Å². The first-order valence-electron chi connectivity index (χ1n) is 5.41. The maximum atomic E-state index is 12.3. The highest BCUT2D eigenvalue weighted by Gasteiger charge is 2.21. The normalized spacial score (nSPS) is 13.4. The second-order valence-corrected chi connectivity index (χ2v) is 7.92. The Morgan fingerprint density at radius 1 is 1.37 bits per heavy atom. The number of hydrogen-bond donors (Lipinski definition) is 1. The van der Waals surface area contributed by atoms with Crippen LogP contribution in [-0.4, -0.2) is 8.42 Å². The van der Waals surface area contributed by atoms with Crippen molar-refractivity contribution in [3.05, 3.63) is 50.1 Å². The van der Waals surface area contributed by atoms with Crippen molar-refractivity contribution in [3.63, 3.8) is 0 Å². The molecule has 0 aliphatic carbocycles. The number of rotatable bonds is 4. The number of hydrogen-bond acceptors (Lipinski definition) is 3. The van der Waals surface area contributed by atoms with E-state index in [-0.39, 0.29) is 16.0 Å². The molecule has 0 spiro atoms. The Balaban J connectivity index is 2.28. The molecule has 0 radical (unpaired) electrons. The highest BCUT2D eigenvalue weighted by atomic mass is 79.9. The molecule has 0 aliphatic rings. The summed E-state index contributed by atoms with van der Waals surface area (Å²) in [6.45, 7) is 1.80. The molecule has 1 aromatic heterocycles. The molecule has 0 saturated carbocycles. The van der Waals surface area contributed by atoms with Gasteiger partial charge in [0, 0.05) is 9.35 Å². The van der Waals surface area contributed by atoms with Crippen molar-refractivity contribution in [1.29, 1.82) is 0 Å². The van der Waals surface area contributed by atoms with Crippen LogP contribution >= 0.6 is 38.9 Å². The van der Waals surface area contributed by atoms with Gasteiger partial charge in [-0.15, -0.1) is 11.3 Å². The molecule has 7 heteroatoms. The second kappa shape index (κ2) is 5.93. The monoisotopic (exact) mass is 379 g/mol. The van der Waals surface area contributed by atoms with Crippen LogP contribution in [0, 0.1) is 0 Å². The summed E-state index contributed by atoms with van der Waals surface area (Å²) in [5.41, 5.74) is 0. The summed E-state index contributed by atoms with van der Waals surface area (Å²) in [4.78, 5) is 1.04. The zero-order valence-electron chi connectivity index (χ0n) is 9.93. The van der Waals surface area contributed by atoms with Gasteiger partial charge >= 0.3 is 0 Å². The maximum Gasteiger partial charge on any atom is 0.242 e. The van der Waals surface area contributed by atoms with Gasteiger partial charge < -0.3 is 0 Å². The fourth-order valence-corrected chi connectivity index (χ4v) is 4.65. The van der Waals surface area contributed by atoms with E-state index in [4.69, 9.17) is 11.6 Å². The van der Waals surface area contributed by atoms with Crippen molar-refractivity contribution in [2.45, 2.75) is 17.9 Å². The summed E-state index contributed by atoms with van der Waals surface area (Å²) >= 11 is 10.7. The van der Waals surface area contributed by atoms with Crippen molar-refractivity contribution >= 4 is 48.9 Å². The van der Waals surface area contributed by atoms with E-state index >= 15 is 0 Å². The summed E-state index contributed by atoms with van der Waals surface area (Å²) in [6, 6.07) is 8.18. The van der Waals surface area contributed by atoms with Gasteiger partial charge in [-0.2, -0.15) is 0 Å². The highest BCUT2D eigenvalue weighted by molar-refractivity contribution is 9.10. The van der Waals surface area contributed by atoms with Crippen LogP contribution in [0.5, 0.6) is 0 Å². The smallest absolute Gasteiger partial charge is 0.207 e. The van der Waals surface area contributed by atoms with Crippen molar-refractivity contribution in [2.24, 2.45) is 0 Å². The van der Waals surface area contributed by atoms with Gasteiger partial charge in [0.15, 0.2) is 0 Å². The van der Waals surface area contributed by atoms with Crippen LogP contribution in [-0.2, 0) is 10.0 Å². The van der Waals surface area contributed by atoms with Crippen molar-refractivity contribution in [1.82, 2.24) is 4.72 Å². The summed E-state index contributed by atoms with van der Waals surface area (Å²) in [5, 5.41) is 2.10. The van der Waals surface area contributed by atoms with Crippen molar-refractivity contribution < 1.29 is 8.42 Å². The predicted octanol–water partition coefficient (Wildman–Crippen LogP) is 4.20. The summed E-state index contributed by atoms with van der Waals surface area (Å²) < 4.78 is 27.9. The van der Waals surface area contributed by atoms with Gasteiger partial charge in [-0.25, -0.2) is 13.1 Å². The molecule has 2 aromatic rings. The van der Waals surface area contributed by atoms with Crippen LogP contribution < -0.4 is 4.72 Å². The first-order valence-corrected chi connectivity index (χ1v) is 8.94. The van der Waals surface area contributed by atoms with E-state index < -0.39 is 10.0 Å². The minimum absolute atomic E-state index is 0.0840. The number of sulfonamides is 1. The number of nitrogens with one attached hydrogen (secondary N) is 1. The van der Waals surface area contributed by atoms with Gasteiger partial charge in [0.25, 0.3) is 0 Å². The largest absolute Gasteiger partial charge is 0.242 e. The number of benzene rings is 1. The lowest BCUT2D eigenvalue weighted by atomic mass is 10.3. The van der Waals surface area contributed by atoms with Crippen LogP contribution in [0.25, 0.3) is 0 Å². The standard InChI is InChI=1S/C12H11BrClNO2S2/c1-8(11-3-2-6-18-11)15-19(16,17)12-5-4-9(13)7-10(12)14/h2-8,15H,1H3/t8-/m1/s1. The van der Waals surface area contributed by atoms with Gasteiger partial charge in [0.1, 0.15) is 4.90 Å². The van der Waals surface area contributed by atoms with E-state index in [1.54, 1.807) is 19.1 Å². The van der Waals surface area contributed by atoms with Crippen LogP contribution in [0.3, 0.4) is 0 Å². The quantitative estimate of drug-likeness (QED) is 0.864. The predicted molar refractivity (Wildman–Crippen MR) is 82.2 cm³/mol. The second-order valence-electron chi connectivity index (χ2n) is 3.93. The number of halogens is 2. The van der Waals surface area contributed by atoms with Crippen LogP contribution in [0.2, 0.25) is 5.02 Å². The summed E-state index contributed by atoms with van der Waals surface area (Å²) in [6.07, 6.45) is 0. The Labute approximate surface area is 129 Å². The van der Waals surface area contributed by atoms with E-state index in [1.165, 1.54) is 17.4 Å². The molecule has 0 aliphatic heterocycles. The average Bonchev–Trinajstić information content (AvgIpc) is 2.80. The molecule has 1 aromatic carbocycles. The van der Waals surface area contributed by atoms with Gasteiger partial charge in [-0.05, 0) is 36.6 Å². The molecule has 1 N–H and O–H groups in total. The topological polar surface area (TPSA) is 46.2 Å². The first-order chi connectivity index (χ1) is 8.90. The Bertz CT molecular complexity index is 671. The number of thiophene rings is 1. The first kappa shape index (κ1) is 15.0. The molecular weight excluding hydrogens is 370 g/mol. The third kappa shape index (κ3) is 3.58. The lowest BCUT2D eigenvalue weighted by molar-refractivity contribution is 0.568. The van der Waals surface area contributed by atoms with Crippen LogP contribution in [0.4, 0.5) is 0 Å². The molecule has 102 valence electrons. The molecule has 2 rings (SSSR count). The molecule has 3 nitrogen and oxygen atoms in total. The van der Waals surface area contributed by atoms with Crippen molar-refractivity contribution in [3.8, 4) is 0 Å². The van der Waals surface area contributed by atoms with E-state index in [0.717, 1.165) is 9.35 Å². The van der Waals surface area contributed by atoms with Crippen LogP contribution in [0.15, 0.2) is 45.1 Å². The van der Waals surface area contributed by atoms with Crippen LogP contribution in [0.1, 0.15) is 17.8 Å². The molecule has 1 atom stereocenters. The summed E-state index contributed by atoms with van der Waals surface area (Å²) in [7, 11) is -3.63. The Morgan fingerprint density at radius 2 is 2.11 bits per heavy atom. The molecular formula is C12H11BrClNO2S2. The van der Waals surface area contributed by atoms with E-state index in [2.05, 4.69) is 20.7 Å². The van der Waals surface area contributed by atoms with Gasteiger partial charge in [-0.3, -0.25) is 0 Å². The third-order valence-corrected chi connectivity index (χ3v) is 6.06. The maximum absolute atomic E-state index is 12.3. The SMILES string of the molecule is C[C@@H](NS(=O)(=O)c1ccc(Br)cc1Cl)c1cccs1.